The van der Waals surface area contributed by atoms with E-state index in [1.165, 1.54) is 12.1 Å². The van der Waals surface area contributed by atoms with Gasteiger partial charge in [0.2, 0.25) is 5.91 Å². The fraction of sp³-hybridized carbons (Fsp3) is 0.222. The highest BCUT2D eigenvalue weighted by atomic mass is 16.5. The third-order valence-electron chi connectivity index (χ3n) is 6.57. The Morgan fingerprint density at radius 1 is 0.714 bits per heavy atom. The van der Waals surface area contributed by atoms with E-state index in [1.807, 2.05) is 24.3 Å². The van der Waals surface area contributed by atoms with Gasteiger partial charge in [0.25, 0.3) is 0 Å². The summed E-state index contributed by atoms with van der Waals surface area (Å²) in [5.41, 5.74) is 2.21. The number of fused-ring (bicyclic) bond motifs is 6. The van der Waals surface area contributed by atoms with Crippen molar-refractivity contribution in [2.24, 2.45) is 0 Å². The van der Waals surface area contributed by atoms with Crippen LogP contribution in [0.5, 0.6) is 34.5 Å². The van der Waals surface area contributed by atoms with Gasteiger partial charge in [0, 0.05) is 17.7 Å². The van der Waals surface area contributed by atoms with Crippen molar-refractivity contribution in [2.75, 3.05) is 33.8 Å². The van der Waals surface area contributed by atoms with Crippen LogP contribution >= 0.6 is 0 Å². The zero-order valence-corrected chi connectivity index (χ0v) is 19.8. The van der Waals surface area contributed by atoms with Crippen molar-refractivity contribution in [3.05, 3.63) is 53.6 Å². The molecule has 1 amide bonds. The van der Waals surface area contributed by atoms with Gasteiger partial charge in [-0.05, 0) is 63.7 Å². The highest BCUT2D eigenvalue weighted by molar-refractivity contribution is 6.20. The van der Waals surface area contributed by atoms with Gasteiger partial charge in [0.1, 0.15) is 0 Å². The van der Waals surface area contributed by atoms with Crippen molar-refractivity contribution < 1.29 is 34.0 Å². The third-order valence-corrected chi connectivity index (χ3v) is 6.57. The van der Waals surface area contributed by atoms with Gasteiger partial charge in [0.15, 0.2) is 34.5 Å². The highest BCUT2D eigenvalue weighted by Crippen LogP contribution is 2.51. The first-order valence-corrected chi connectivity index (χ1v) is 11.0. The van der Waals surface area contributed by atoms with Crippen molar-refractivity contribution in [3.8, 4) is 34.5 Å². The number of methoxy groups -OCH3 is 4. The molecule has 1 aliphatic heterocycles. The molecular formula is C27H25NO7. The number of benzene rings is 4. The van der Waals surface area contributed by atoms with Gasteiger partial charge in [-0.3, -0.25) is 4.79 Å². The van der Waals surface area contributed by atoms with Gasteiger partial charge >= 0.3 is 0 Å². The van der Waals surface area contributed by atoms with Crippen molar-refractivity contribution in [3.63, 3.8) is 0 Å². The van der Waals surface area contributed by atoms with E-state index < -0.39 is 0 Å². The first kappa shape index (κ1) is 22.5. The topological polar surface area (TPSA) is 106 Å². The lowest BCUT2D eigenvalue weighted by atomic mass is 9.79. The Balaban J connectivity index is 1.95. The van der Waals surface area contributed by atoms with E-state index in [2.05, 4.69) is 5.32 Å². The summed E-state index contributed by atoms with van der Waals surface area (Å²) < 4.78 is 22.3. The van der Waals surface area contributed by atoms with Crippen LogP contribution in [0.15, 0.2) is 42.5 Å². The molecule has 4 aromatic carbocycles. The number of hydrogen-bond donors (Lipinski definition) is 3. The minimum absolute atomic E-state index is 0.161. The van der Waals surface area contributed by atoms with Crippen molar-refractivity contribution in [2.45, 2.75) is 12.3 Å². The van der Waals surface area contributed by atoms with E-state index in [0.717, 1.165) is 27.1 Å². The summed E-state index contributed by atoms with van der Waals surface area (Å²) in [6.45, 7) is 0. The first-order chi connectivity index (χ1) is 16.9. The van der Waals surface area contributed by atoms with E-state index >= 15 is 0 Å². The second-order valence-corrected chi connectivity index (χ2v) is 8.35. The Kier molecular flexibility index (Phi) is 5.43. The van der Waals surface area contributed by atoms with E-state index in [9.17, 15) is 15.0 Å². The normalized spacial score (nSPS) is 15.0. The third kappa shape index (κ3) is 3.49. The van der Waals surface area contributed by atoms with Gasteiger partial charge in [-0.1, -0.05) is 6.07 Å². The monoisotopic (exact) mass is 475 g/mol. The van der Waals surface area contributed by atoms with Crippen LogP contribution in [0.1, 0.15) is 23.5 Å². The number of hydrogen-bond acceptors (Lipinski definition) is 7. The van der Waals surface area contributed by atoms with Crippen LogP contribution in [-0.4, -0.2) is 44.6 Å². The summed E-state index contributed by atoms with van der Waals surface area (Å²) in [7, 11) is 6.28. The molecule has 8 nitrogen and oxygen atoms in total. The van der Waals surface area contributed by atoms with Crippen LogP contribution in [0.3, 0.4) is 0 Å². The lowest BCUT2D eigenvalue weighted by Crippen LogP contribution is -2.24. The molecule has 0 fully saturated rings. The maximum atomic E-state index is 12.9. The molecule has 5 rings (SSSR count). The number of amides is 1. The number of rotatable bonds is 5. The van der Waals surface area contributed by atoms with Gasteiger partial charge in [0.05, 0.1) is 34.1 Å². The van der Waals surface area contributed by atoms with Gasteiger partial charge < -0.3 is 34.5 Å². The van der Waals surface area contributed by atoms with Crippen LogP contribution in [0.25, 0.3) is 21.5 Å². The van der Waals surface area contributed by atoms with Crippen LogP contribution < -0.4 is 24.3 Å². The molecule has 8 heteroatoms. The average Bonchev–Trinajstić information content (AvgIpc) is 2.88. The molecule has 35 heavy (non-hydrogen) atoms. The molecular weight excluding hydrogens is 450 g/mol. The number of carbonyl (C=O) groups is 1. The van der Waals surface area contributed by atoms with Crippen LogP contribution in [0.2, 0.25) is 0 Å². The molecule has 1 aliphatic rings. The van der Waals surface area contributed by atoms with E-state index in [0.29, 0.717) is 34.2 Å². The quantitative estimate of drug-likeness (QED) is 0.278. The maximum absolute atomic E-state index is 12.9. The zero-order valence-electron chi connectivity index (χ0n) is 19.8. The van der Waals surface area contributed by atoms with Crippen LogP contribution in [0.4, 0.5) is 5.69 Å². The van der Waals surface area contributed by atoms with E-state index in [4.69, 9.17) is 18.9 Å². The standard InChI is InChI=1S/C27H25NO7/c1-32-21-8-15-16-9-22(33-2)24(35-4)11-18(16)27-26(17(15)10-23(21)34-3)14(12-25(31)28-27)13-5-6-19(29)20(30)7-13/h5-11,14,29-30H,12H2,1-4H3,(H,28,31). The minimum atomic E-state index is -0.386. The summed E-state index contributed by atoms with van der Waals surface area (Å²) in [4.78, 5) is 12.9. The number of nitrogens with one attached hydrogen (secondary N) is 1. The Morgan fingerprint density at radius 3 is 1.77 bits per heavy atom. The Bertz CT molecular complexity index is 1500. The molecule has 0 saturated carbocycles. The van der Waals surface area contributed by atoms with Crippen molar-refractivity contribution in [1.82, 2.24) is 0 Å². The van der Waals surface area contributed by atoms with Crippen molar-refractivity contribution >= 4 is 33.1 Å². The number of carbonyl (C=O) groups excluding carboxylic acids is 1. The van der Waals surface area contributed by atoms with E-state index in [-0.39, 0.29) is 29.7 Å². The zero-order chi connectivity index (χ0) is 24.9. The molecule has 0 radical (unpaired) electrons. The second-order valence-electron chi connectivity index (χ2n) is 8.35. The summed E-state index contributed by atoms with van der Waals surface area (Å²) in [6, 6.07) is 12.2. The molecule has 3 N–H and O–H groups in total. The van der Waals surface area contributed by atoms with E-state index in [1.54, 1.807) is 34.5 Å². The number of ether oxygens (including phenoxy) is 4. The Labute approximate surface area is 201 Å². The predicted octanol–water partition coefficient (Wildman–Crippen LogP) is 4.91. The smallest absolute Gasteiger partial charge is 0.225 e. The first-order valence-electron chi connectivity index (χ1n) is 11.0. The summed E-state index contributed by atoms with van der Waals surface area (Å²) in [5.74, 6) is 1.18. The average molecular weight is 475 g/mol. The molecule has 0 spiro atoms. The Hall–Kier alpha value is -4.33. The SMILES string of the molecule is COc1cc2c3c(c4cc(OC)c(OC)cc4c2cc1OC)C(c1ccc(O)c(O)c1)CC(=O)N3. The lowest BCUT2D eigenvalue weighted by Gasteiger charge is -2.30. The highest BCUT2D eigenvalue weighted by Gasteiger charge is 2.32. The minimum Gasteiger partial charge on any atom is -0.504 e. The fourth-order valence-corrected chi connectivity index (χ4v) is 4.93. The number of phenolic OH excluding ortho intramolecular Hbond substituents is 2. The van der Waals surface area contributed by atoms with Gasteiger partial charge in [-0.15, -0.1) is 0 Å². The number of phenols is 2. The fourth-order valence-electron chi connectivity index (χ4n) is 4.93. The molecule has 1 unspecified atom stereocenters. The molecule has 4 aromatic rings. The molecule has 1 atom stereocenters. The van der Waals surface area contributed by atoms with Crippen LogP contribution in [0, 0.1) is 0 Å². The predicted molar refractivity (Wildman–Crippen MR) is 133 cm³/mol. The largest absolute Gasteiger partial charge is 0.504 e. The van der Waals surface area contributed by atoms with Crippen LogP contribution in [-0.2, 0) is 4.79 Å². The number of aromatic hydroxyl groups is 2. The maximum Gasteiger partial charge on any atom is 0.225 e. The number of anilines is 1. The molecule has 0 aliphatic carbocycles. The lowest BCUT2D eigenvalue weighted by molar-refractivity contribution is -0.116. The Morgan fingerprint density at radius 2 is 1.23 bits per heavy atom. The molecule has 0 aromatic heterocycles. The summed E-state index contributed by atoms with van der Waals surface area (Å²) >= 11 is 0. The summed E-state index contributed by atoms with van der Waals surface area (Å²) in [6.07, 6.45) is 0.166. The molecule has 1 heterocycles. The second kappa shape index (κ2) is 8.47. The van der Waals surface area contributed by atoms with Crippen molar-refractivity contribution in [1.29, 1.82) is 0 Å². The molecule has 0 saturated heterocycles. The van der Waals surface area contributed by atoms with Gasteiger partial charge in [-0.25, -0.2) is 0 Å². The summed E-state index contributed by atoms with van der Waals surface area (Å²) in [5, 5.41) is 26.4. The molecule has 0 bridgehead atoms. The van der Waals surface area contributed by atoms with Gasteiger partial charge in [-0.2, -0.15) is 0 Å². The molecule has 180 valence electrons.